The van der Waals surface area contributed by atoms with Crippen molar-refractivity contribution in [2.45, 2.75) is 0 Å². The number of hydrogen-bond donors (Lipinski definition) is 0. The summed E-state index contributed by atoms with van der Waals surface area (Å²) in [6, 6.07) is 3.78. The van der Waals surface area contributed by atoms with Gasteiger partial charge in [0.2, 0.25) is 0 Å². The number of likely N-dealkylation sites (N-methyl/N-ethyl adjacent to an activating group) is 1. The van der Waals surface area contributed by atoms with Gasteiger partial charge in [-0.25, -0.2) is 0 Å². The molecule has 0 spiro atoms. The third-order valence-electron chi connectivity index (χ3n) is 2.51. The second-order valence-corrected chi connectivity index (χ2v) is 7.20. The van der Waals surface area contributed by atoms with E-state index in [2.05, 4.69) is 31.9 Å². The van der Waals surface area contributed by atoms with Crippen LogP contribution >= 0.6 is 55.8 Å². The van der Waals surface area contributed by atoms with E-state index in [1.807, 2.05) is 12.1 Å². The first-order chi connectivity index (χ1) is 8.93. The summed E-state index contributed by atoms with van der Waals surface area (Å²) in [4.78, 5) is 14.0. The normalized spacial score (nSPS) is 17.5. The van der Waals surface area contributed by atoms with Gasteiger partial charge in [0.05, 0.1) is 16.5 Å². The number of ether oxygens (including phenoxy) is 1. The molecule has 0 radical (unpaired) electrons. The fourth-order valence-electron chi connectivity index (χ4n) is 1.59. The average Bonchev–Trinajstić information content (AvgIpc) is 2.57. The van der Waals surface area contributed by atoms with Crippen molar-refractivity contribution in [1.82, 2.24) is 4.90 Å². The van der Waals surface area contributed by atoms with E-state index in [0.29, 0.717) is 15.0 Å². The SMILES string of the molecule is COc1c(Br)cc(Br)cc1/C=C1/SC(=S)N(C)C1=O. The van der Waals surface area contributed by atoms with E-state index in [1.54, 1.807) is 20.2 Å². The summed E-state index contributed by atoms with van der Waals surface area (Å²) in [5.41, 5.74) is 0.817. The quantitative estimate of drug-likeness (QED) is 0.531. The van der Waals surface area contributed by atoms with Crippen molar-refractivity contribution >= 4 is 72.1 Å². The van der Waals surface area contributed by atoms with Gasteiger partial charge in [-0.2, -0.15) is 0 Å². The van der Waals surface area contributed by atoms with E-state index in [9.17, 15) is 4.79 Å². The lowest BCUT2D eigenvalue weighted by molar-refractivity contribution is -0.121. The second-order valence-electron chi connectivity index (χ2n) is 3.75. The molecule has 1 amide bonds. The lowest BCUT2D eigenvalue weighted by Crippen LogP contribution is -2.22. The van der Waals surface area contributed by atoms with Crippen molar-refractivity contribution in [2.24, 2.45) is 0 Å². The van der Waals surface area contributed by atoms with Crippen LogP contribution < -0.4 is 4.74 Å². The Kier molecular flexibility index (Phi) is 4.70. The maximum Gasteiger partial charge on any atom is 0.265 e. The molecular weight excluding hydrogens is 414 g/mol. The number of carbonyl (C=O) groups excluding carboxylic acids is 1. The number of amides is 1. The number of methoxy groups -OCH3 is 1. The molecule has 0 unspecified atom stereocenters. The summed E-state index contributed by atoms with van der Waals surface area (Å²) >= 11 is 13.2. The summed E-state index contributed by atoms with van der Waals surface area (Å²) in [6.07, 6.45) is 1.79. The van der Waals surface area contributed by atoms with Crippen LogP contribution in [-0.4, -0.2) is 29.3 Å². The number of rotatable bonds is 2. The predicted molar refractivity (Wildman–Crippen MR) is 89.3 cm³/mol. The fourth-order valence-corrected chi connectivity index (χ4v) is 4.18. The molecule has 0 saturated carbocycles. The van der Waals surface area contributed by atoms with Crippen LogP contribution in [-0.2, 0) is 4.79 Å². The molecule has 7 heteroatoms. The molecule has 3 nitrogen and oxygen atoms in total. The summed E-state index contributed by atoms with van der Waals surface area (Å²) in [5, 5.41) is 0. The number of benzene rings is 1. The third kappa shape index (κ3) is 3.04. The fraction of sp³-hybridized carbons (Fsp3) is 0.167. The maximum atomic E-state index is 12.0. The second kappa shape index (κ2) is 5.95. The first-order valence-corrected chi connectivity index (χ1v) is 7.99. The van der Waals surface area contributed by atoms with Crippen LogP contribution in [0.4, 0.5) is 0 Å². The molecule has 1 fully saturated rings. The van der Waals surface area contributed by atoms with Gasteiger partial charge in [0, 0.05) is 17.1 Å². The summed E-state index contributed by atoms with van der Waals surface area (Å²) in [6.45, 7) is 0. The van der Waals surface area contributed by atoms with Gasteiger partial charge in [-0.05, 0) is 34.1 Å². The molecule has 0 N–H and O–H groups in total. The van der Waals surface area contributed by atoms with Gasteiger partial charge >= 0.3 is 0 Å². The summed E-state index contributed by atoms with van der Waals surface area (Å²) < 4.78 is 7.63. The minimum absolute atomic E-state index is 0.0897. The van der Waals surface area contributed by atoms with Crippen molar-refractivity contribution in [3.63, 3.8) is 0 Å². The van der Waals surface area contributed by atoms with Gasteiger partial charge in [-0.1, -0.05) is 39.9 Å². The molecule has 1 aromatic rings. The van der Waals surface area contributed by atoms with Gasteiger partial charge in [-0.15, -0.1) is 0 Å². The van der Waals surface area contributed by atoms with Crippen molar-refractivity contribution in [3.05, 3.63) is 31.5 Å². The highest BCUT2D eigenvalue weighted by atomic mass is 79.9. The molecule has 100 valence electrons. The highest BCUT2D eigenvalue weighted by molar-refractivity contribution is 9.11. The number of hydrogen-bond acceptors (Lipinski definition) is 4. The Labute approximate surface area is 137 Å². The topological polar surface area (TPSA) is 29.5 Å². The Morgan fingerprint density at radius 1 is 1.42 bits per heavy atom. The predicted octanol–water partition coefficient (Wildman–Crippen LogP) is 4.05. The van der Waals surface area contributed by atoms with Gasteiger partial charge in [0.15, 0.2) is 0 Å². The zero-order valence-electron chi connectivity index (χ0n) is 10.1. The number of nitrogens with zero attached hydrogens (tertiary/aromatic N) is 1. The van der Waals surface area contributed by atoms with Crippen LogP contribution in [0.5, 0.6) is 5.75 Å². The van der Waals surface area contributed by atoms with E-state index in [1.165, 1.54) is 16.7 Å². The monoisotopic (exact) mass is 421 g/mol. The zero-order chi connectivity index (χ0) is 14.2. The Balaban J connectivity index is 2.49. The zero-order valence-corrected chi connectivity index (χ0v) is 14.9. The number of carbonyl (C=O) groups is 1. The largest absolute Gasteiger partial charge is 0.495 e. The van der Waals surface area contributed by atoms with Gasteiger partial charge in [0.25, 0.3) is 5.91 Å². The maximum absolute atomic E-state index is 12.0. The number of thiocarbonyl (C=S) groups is 1. The van der Waals surface area contributed by atoms with Crippen molar-refractivity contribution < 1.29 is 9.53 Å². The molecule has 1 aliphatic heterocycles. The van der Waals surface area contributed by atoms with E-state index < -0.39 is 0 Å². The van der Waals surface area contributed by atoms with Crippen LogP contribution in [0.3, 0.4) is 0 Å². The number of halogens is 2. The molecule has 1 aromatic carbocycles. The van der Waals surface area contributed by atoms with Crippen LogP contribution in [0.25, 0.3) is 6.08 Å². The standard InChI is InChI=1S/C12H9Br2NO2S2/c1-15-11(16)9(19-12(15)18)4-6-3-7(13)5-8(14)10(6)17-2/h3-5H,1-2H3/b9-4+. The molecule has 1 saturated heterocycles. The Hall–Kier alpha value is -0.370. The van der Waals surface area contributed by atoms with E-state index in [4.69, 9.17) is 17.0 Å². The Morgan fingerprint density at radius 3 is 2.63 bits per heavy atom. The minimum Gasteiger partial charge on any atom is -0.495 e. The molecule has 0 aromatic heterocycles. The van der Waals surface area contributed by atoms with Crippen LogP contribution in [0, 0.1) is 0 Å². The van der Waals surface area contributed by atoms with E-state index >= 15 is 0 Å². The molecular formula is C12H9Br2NO2S2. The highest BCUT2D eigenvalue weighted by Crippen LogP contribution is 2.37. The Bertz CT molecular complexity index is 602. The van der Waals surface area contributed by atoms with Crippen LogP contribution in [0.2, 0.25) is 0 Å². The first kappa shape index (κ1) is 15.0. The minimum atomic E-state index is -0.0897. The molecule has 1 heterocycles. The van der Waals surface area contributed by atoms with Gasteiger partial charge in [0.1, 0.15) is 10.1 Å². The van der Waals surface area contributed by atoms with E-state index in [-0.39, 0.29) is 5.91 Å². The summed E-state index contributed by atoms with van der Waals surface area (Å²) in [7, 11) is 3.27. The molecule has 19 heavy (non-hydrogen) atoms. The van der Waals surface area contributed by atoms with Crippen molar-refractivity contribution in [2.75, 3.05) is 14.2 Å². The smallest absolute Gasteiger partial charge is 0.265 e. The number of thioether (sulfide) groups is 1. The van der Waals surface area contributed by atoms with Crippen molar-refractivity contribution in [3.8, 4) is 5.75 Å². The molecule has 1 aliphatic rings. The highest BCUT2D eigenvalue weighted by Gasteiger charge is 2.29. The van der Waals surface area contributed by atoms with Crippen molar-refractivity contribution in [1.29, 1.82) is 0 Å². The first-order valence-electron chi connectivity index (χ1n) is 5.18. The molecule has 0 aliphatic carbocycles. The molecule has 2 rings (SSSR count). The summed E-state index contributed by atoms with van der Waals surface area (Å²) in [5.74, 6) is 0.595. The Morgan fingerprint density at radius 2 is 2.11 bits per heavy atom. The van der Waals surface area contributed by atoms with E-state index in [0.717, 1.165) is 14.5 Å². The van der Waals surface area contributed by atoms with Crippen LogP contribution in [0.15, 0.2) is 26.0 Å². The molecule has 0 bridgehead atoms. The van der Waals surface area contributed by atoms with Crippen LogP contribution in [0.1, 0.15) is 5.56 Å². The third-order valence-corrected chi connectivity index (χ3v) is 5.05. The van der Waals surface area contributed by atoms with Gasteiger partial charge in [-0.3, -0.25) is 9.69 Å². The molecule has 0 atom stereocenters. The average molecular weight is 423 g/mol. The lowest BCUT2D eigenvalue weighted by Gasteiger charge is -2.09. The van der Waals surface area contributed by atoms with Gasteiger partial charge < -0.3 is 4.74 Å². The lowest BCUT2D eigenvalue weighted by atomic mass is 10.2.